The molecule has 1 heterocycles. The summed E-state index contributed by atoms with van der Waals surface area (Å²) in [6, 6.07) is 3.14. The predicted molar refractivity (Wildman–Crippen MR) is 59.1 cm³/mol. The Kier molecular flexibility index (Phi) is 4.33. The molecule has 1 aromatic rings. The van der Waals surface area contributed by atoms with E-state index < -0.39 is 12.9 Å². The molecule has 0 saturated heterocycles. The predicted octanol–water partition coefficient (Wildman–Crippen LogP) is 2.71. The number of rotatable bonds is 6. The summed E-state index contributed by atoms with van der Waals surface area (Å²) < 4.78 is 27.6. The van der Waals surface area contributed by atoms with Crippen LogP contribution in [0, 0.1) is 0 Å². The Morgan fingerprint density at radius 3 is 2.38 bits per heavy atom. The van der Waals surface area contributed by atoms with Crippen molar-refractivity contribution in [2.45, 2.75) is 26.1 Å². The molecule has 0 amide bonds. The smallest absolute Gasteiger partial charge is 0.369 e. The Hall–Kier alpha value is -0.610. The van der Waals surface area contributed by atoms with Gasteiger partial charge >= 0.3 is 7.60 Å². The van der Waals surface area contributed by atoms with Crippen LogP contribution in [0.1, 0.15) is 26.5 Å². The monoisotopic (exact) mass is 248 g/mol. The fourth-order valence-corrected chi connectivity index (χ4v) is 2.97. The first-order chi connectivity index (χ1) is 7.48. The van der Waals surface area contributed by atoms with Crippen LogP contribution in [-0.2, 0) is 19.0 Å². The van der Waals surface area contributed by atoms with E-state index in [9.17, 15) is 9.67 Å². The molecule has 1 atom stereocenters. The number of furan rings is 1. The summed E-state index contributed by atoms with van der Waals surface area (Å²) in [5.41, 5.74) is 0. The van der Waals surface area contributed by atoms with E-state index in [2.05, 4.69) is 0 Å². The van der Waals surface area contributed by atoms with Crippen LogP contribution in [0.4, 0.5) is 0 Å². The summed E-state index contributed by atoms with van der Waals surface area (Å²) in [6.45, 7) is 5.11. The van der Waals surface area contributed by atoms with Crippen LogP contribution in [0.25, 0.3) is 0 Å². The lowest BCUT2D eigenvalue weighted by Gasteiger charge is -2.29. The van der Waals surface area contributed by atoms with Gasteiger partial charge in [0, 0.05) is 0 Å². The van der Waals surface area contributed by atoms with Crippen LogP contribution in [0.2, 0.25) is 0 Å². The molecular weight excluding hydrogens is 231 g/mol. The zero-order chi connectivity index (χ0) is 12.2. The molecule has 0 aliphatic heterocycles. The van der Waals surface area contributed by atoms with Gasteiger partial charge in [0.25, 0.3) is 0 Å². The molecule has 1 N–H and O–H groups in total. The second kappa shape index (κ2) is 5.15. The summed E-state index contributed by atoms with van der Waals surface area (Å²) in [4.78, 5) is 0. The average Bonchev–Trinajstić information content (AvgIpc) is 2.71. The molecule has 0 spiro atoms. The molecule has 16 heavy (non-hydrogen) atoms. The molecule has 92 valence electrons. The van der Waals surface area contributed by atoms with E-state index >= 15 is 0 Å². The Balaban J connectivity index is 3.06. The van der Waals surface area contributed by atoms with E-state index in [0.717, 1.165) is 0 Å². The molecule has 0 unspecified atom stereocenters. The van der Waals surface area contributed by atoms with E-state index in [1.165, 1.54) is 19.3 Å². The summed E-state index contributed by atoms with van der Waals surface area (Å²) in [5, 5.41) is 8.47. The van der Waals surface area contributed by atoms with Crippen LogP contribution in [-0.4, -0.2) is 18.3 Å². The molecule has 0 saturated carbocycles. The van der Waals surface area contributed by atoms with Crippen molar-refractivity contribution in [3.63, 3.8) is 0 Å². The van der Waals surface area contributed by atoms with Crippen molar-refractivity contribution in [1.82, 2.24) is 0 Å². The van der Waals surface area contributed by atoms with Gasteiger partial charge in [0.1, 0.15) is 5.76 Å². The first kappa shape index (κ1) is 13.5. The third-order valence-corrected chi connectivity index (χ3v) is 4.60. The summed E-state index contributed by atoms with van der Waals surface area (Å²) >= 11 is 0. The maximum absolute atomic E-state index is 12.4. The molecular formula is C10H17O5P. The van der Waals surface area contributed by atoms with Gasteiger partial charge in [-0.15, -0.1) is 0 Å². The van der Waals surface area contributed by atoms with Gasteiger partial charge in [0.15, 0.2) is 0 Å². The topological polar surface area (TPSA) is 68.9 Å². The number of aliphatic hydroxyl groups is 1. The highest BCUT2D eigenvalue weighted by Crippen LogP contribution is 2.63. The fraction of sp³-hybridized carbons (Fsp3) is 0.600. The maximum Gasteiger partial charge on any atom is 0.369 e. The highest BCUT2D eigenvalue weighted by Gasteiger charge is 2.49. The lowest BCUT2D eigenvalue weighted by Crippen LogP contribution is -2.23. The first-order valence-electron chi connectivity index (χ1n) is 5.13. The van der Waals surface area contributed by atoms with Crippen LogP contribution < -0.4 is 0 Å². The van der Waals surface area contributed by atoms with Crippen molar-refractivity contribution in [3.05, 3.63) is 24.2 Å². The summed E-state index contributed by atoms with van der Waals surface area (Å²) in [5.74, 6) is 0.165. The third kappa shape index (κ3) is 2.38. The van der Waals surface area contributed by atoms with Gasteiger partial charge in [-0.25, -0.2) is 0 Å². The highest BCUT2D eigenvalue weighted by atomic mass is 31.2. The van der Waals surface area contributed by atoms with Gasteiger partial charge < -0.3 is 18.6 Å². The fourth-order valence-electron chi connectivity index (χ4n) is 1.31. The number of hydrogen-bond acceptors (Lipinski definition) is 5. The molecule has 6 heteroatoms. The molecule has 0 aliphatic rings. The second-order valence-corrected chi connectivity index (χ2v) is 5.71. The molecule has 5 nitrogen and oxygen atoms in total. The van der Waals surface area contributed by atoms with E-state index in [1.807, 2.05) is 0 Å². The Morgan fingerprint density at radius 2 is 2.00 bits per heavy atom. The highest BCUT2D eigenvalue weighted by molar-refractivity contribution is 7.54. The zero-order valence-corrected chi connectivity index (χ0v) is 10.6. The van der Waals surface area contributed by atoms with Gasteiger partial charge in [-0.2, -0.15) is 0 Å². The van der Waals surface area contributed by atoms with E-state index in [1.54, 1.807) is 19.9 Å². The van der Waals surface area contributed by atoms with Gasteiger partial charge in [0.05, 0.1) is 19.5 Å². The van der Waals surface area contributed by atoms with Crippen LogP contribution >= 0.6 is 7.60 Å². The van der Waals surface area contributed by atoms with Gasteiger partial charge in [-0.05, 0) is 32.9 Å². The third-order valence-electron chi connectivity index (χ3n) is 2.12. The van der Waals surface area contributed by atoms with Gasteiger partial charge in [-0.1, -0.05) is 0 Å². The van der Waals surface area contributed by atoms with Crippen LogP contribution in [0.15, 0.2) is 22.8 Å². The standard InChI is InChI=1S/C10H17O5P/c1-4-14-16(12,15-5-2)10(3,11)9-7-6-8-13-9/h6-8,11H,4-5H2,1-3H3/t10-/m1/s1. The van der Waals surface area contributed by atoms with Gasteiger partial charge in [0.2, 0.25) is 5.34 Å². The SMILES string of the molecule is CCOP(=O)(OCC)[C@@](C)(O)c1ccco1. The lowest BCUT2D eigenvalue weighted by atomic mass is 10.3. The molecule has 0 fully saturated rings. The molecule has 0 aliphatic carbocycles. The summed E-state index contributed by atoms with van der Waals surface area (Å²) in [6.07, 6.45) is 1.39. The van der Waals surface area contributed by atoms with E-state index in [0.29, 0.717) is 0 Å². The summed E-state index contributed by atoms with van der Waals surface area (Å²) in [7, 11) is -3.65. The normalized spacial score (nSPS) is 16.0. The van der Waals surface area contributed by atoms with Crippen molar-refractivity contribution in [3.8, 4) is 0 Å². The average molecular weight is 248 g/mol. The van der Waals surface area contributed by atoms with Crippen molar-refractivity contribution in [2.24, 2.45) is 0 Å². The maximum atomic E-state index is 12.4. The molecule has 0 bridgehead atoms. The Morgan fingerprint density at radius 1 is 1.44 bits per heavy atom. The molecule has 1 aromatic heterocycles. The minimum Gasteiger partial charge on any atom is -0.466 e. The zero-order valence-electron chi connectivity index (χ0n) is 9.67. The van der Waals surface area contributed by atoms with E-state index in [-0.39, 0.29) is 19.0 Å². The van der Waals surface area contributed by atoms with Gasteiger partial charge in [-0.3, -0.25) is 4.57 Å². The van der Waals surface area contributed by atoms with Crippen molar-refractivity contribution in [2.75, 3.05) is 13.2 Å². The largest absolute Gasteiger partial charge is 0.466 e. The van der Waals surface area contributed by atoms with Crippen LogP contribution in [0.5, 0.6) is 0 Å². The lowest BCUT2D eigenvalue weighted by molar-refractivity contribution is 0.0627. The van der Waals surface area contributed by atoms with Crippen molar-refractivity contribution < 1.29 is 23.1 Å². The number of hydrogen-bond donors (Lipinski definition) is 1. The quantitative estimate of drug-likeness (QED) is 0.784. The van der Waals surface area contributed by atoms with Crippen molar-refractivity contribution >= 4 is 7.60 Å². The Bertz CT molecular complexity index is 347. The Labute approximate surface area is 94.9 Å². The minimum atomic E-state index is -3.65. The molecule has 1 rings (SSSR count). The van der Waals surface area contributed by atoms with Crippen LogP contribution in [0.3, 0.4) is 0 Å². The second-order valence-electron chi connectivity index (χ2n) is 3.33. The van der Waals surface area contributed by atoms with E-state index in [4.69, 9.17) is 13.5 Å². The molecule has 0 aromatic carbocycles. The molecule has 0 radical (unpaired) electrons. The van der Waals surface area contributed by atoms with Crippen molar-refractivity contribution in [1.29, 1.82) is 0 Å². The first-order valence-corrected chi connectivity index (χ1v) is 6.67. The minimum absolute atomic E-state index is 0.165.